The van der Waals surface area contributed by atoms with Crippen molar-refractivity contribution < 1.29 is 28.7 Å². The fourth-order valence-corrected chi connectivity index (χ4v) is 4.68. The van der Waals surface area contributed by atoms with Gasteiger partial charge >= 0.3 is 0 Å². The number of Topliss-reactive ketones (excluding diaryl/α,β-unsaturated/α-hetero) is 1. The minimum atomic E-state index is -0.936. The van der Waals surface area contributed by atoms with Crippen molar-refractivity contribution in [3.8, 4) is 0 Å². The molecule has 2 heterocycles. The number of benzene rings is 1. The molecule has 0 aliphatic carbocycles. The second-order valence-electron chi connectivity index (χ2n) is 11.5. The first-order valence-electron chi connectivity index (χ1n) is 13.7. The fraction of sp³-hybridized carbons (Fsp3) is 0.655. The van der Waals surface area contributed by atoms with E-state index in [9.17, 15) is 19.2 Å². The van der Waals surface area contributed by atoms with Crippen molar-refractivity contribution in [3.05, 3.63) is 35.9 Å². The molecule has 9 heteroatoms. The molecule has 2 fully saturated rings. The van der Waals surface area contributed by atoms with E-state index in [-0.39, 0.29) is 29.9 Å². The zero-order valence-corrected chi connectivity index (χ0v) is 23.3. The van der Waals surface area contributed by atoms with E-state index in [1.807, 2.05) is 58.0 Å². The van der Waals surface area contributed by atoms with Gasteiger partial charge in [0.05, 0.1) is 12.6 Å². The third kappa shape index (κ3) is 8.63. The van der Waals surface area contributed by atoms with Crippen molar-refractivity contribution in [1.29, 1.82) is 0 Å². The van der Waals surface area contributed by atoms with Gasteiger partial charge in [0.15, 0.2) is 5.78 Å². The zero-order chi connectivity index (χ0) is 27.9. The van der Waals surface area contributed by atoms with Crippen LogP contribution in [-0.4, -0.2) is 66.5 Å². The maximum atomic E-state index is 13.6. The van der Waals surface area contributed by atoms with Crippen molar-refractivity contribution in [2.75, 3.05) is 13.2 Å². The number of ketones is 1. The van der Waals surface area contributed by atoms with Gasteiger partial charge in [-0.2, -0.15) is 0 Å². The van der Waals surface area contributed by atoms with Crippen LogP contribution in [0.25, 0.3) is 0 Å². The van der Waals surface area contributed by atoms with Crippen molar-refractivity contribution in [2.24, 2.45) is 11.8 Å². The molecular weight excluding hydrogens is 486 g/mol. The predicted octanol–water partition coefficient (Wildman–Crippen LogP) is 2.31. The van der Waals surface area contributed by atoms with Crippen LogP contribution in [0, 0.1) is 11.8 Å². The maximum absolute atomic E-state index is 13.6. The van der Waals surface area contributed by atoms with Crippen molar-refractivity contribution in [2.45, 2.75) is 96.6 Å². The van der Waals surface area contributed by atoms with Gasteiger partial charge in [-0.3, -0.25) is 19.2 Å². The Kier molecular flexibility index (Phi) is 10.4. The summed E-state index contributed by atoms with van der Waals surface area (Å²) in [7, 11) is 0. The quantitative estimate of drug-likeness (QED) is 0.318. The Labute approximate surface area is 225 Å². The molecule has 0 saturated carbocycles. The lowest BCUT2D eigenvalue weighted by molar-refractivity contribution is -0.136. The van der Waals surface area contributed by atoms with Crippen LogP contribution in [0.5, 0.6) is 0 Å². The van der Waals surface area contributed by atoms with Gasteiger partial charge in [-0.25, -0.2) is 0 Å². The van der Waals surface area contributed by atoms with Crippen LogP contribution in [0.1, 0.15) is 65.9 Å². The Hall–Kier alpha value is -2.78. The molecular formula is C29H43N3O6. The van der Waals surface area contributed by atoms with Crippen LogP contribution in [0.15, 0.2) is 30.3 Å². The molecule has 3 N–H and O–H groups in total. The Morgan fingerprint density at radius 3 is 2.03 bits per heavy atom. The number of hydrogen-bond donors (Lipinski definition) is 3. The molecule has 0 bridgehead atoms. The molecule has 1 aromatic carbocycles. The number of amides is 3. The van der Waals surface area contributed by atoms with Crippen LogP contribution < -0.4 is 16.0 Å². The summed E-state index contributed by atoms with van der Waals surface area (Å²) in [6.07, 6.45) is 1.97. The Balaban J connectivity index is 1.77. The van der Waals surface area contributed by atoms with E-state index in [0.717, 1.165) is 12.0 Å². The normalized spacial score (nSPS) is 23.0. The summed E-state index contributed by atoms with van der Waals surface area (Å²) < 4.78 is 10.8. The van der Waals surface area contributed by atoms with Crippen LogP contribution >= 0.6 is 0 Å². The summed E-state index contributed by atoms with van der Waals surface area (Å²) in [5, 5.41) is 8.60. The monoisotopic (exact) mass is 529 g/mol. The van der Waals surface area contributed by atoms with Gasteiger partial charge in [0.2, 0.25) is 17.7 Å². The standard InChI is InChI=1S/C29H43N3O6/c1-18(2)14-21(25(33)29(5)17-38-29)30-27(35)23(16-20-10-7-6-8-11-20)31-26(34)22(15-19(3)4)32-28(36)24-12-9-13-37-24/h6-8,10-11,18-19,21-24H,9,12-17H2,1-5H3,(H,30,35)(H,31,34)(H,32,36)/t21-,22-,23-,24-,29+/m0/s1. The number of carbonyl (C=O) groups is 4. The van der Waals surface area contributed by atoms with E-state index in [0.29, 0.717) is 32.5 Å². The highest BCUT2D eigenvalue weighted by Gasteiger charge is 2.50. The molecule has 0 spiro atoms. The Morgan fingerprint density at radius 1 is 0.895 bits per heavy atom. The second kappa shape index (κ2) is 13.3. The average molecular weight is 530 g/mol. The Bertz CT molecular complexity index is 970. The molecule has 2 aliphatic rings. The summed E-state index contributed by atoms with van der Waals surface area (Å²) in [6.45, 7) is 10.5. The van der Waals surface area contributed by atoms with Gasteiger partial charge < -0.3 is 25.4 Å². The molecule has 2 aliphatic heterocycles. The predicted molar refractivity (Wildman–Crippen MR) is 143 cm³/mol. The number of rotatable bonds is 14. The van der Waals surface area contributed by atoms with Crippen LogP contribution in [-0.2, 0) is 35.1 Å². The van der Waals surface area contributed by atoms with Gasteiger partial charge in [-0.1, -0.05) is 58.0 Å². The van der Waals surface area contributed by atoms with E-state index >= 15 is 0 Å². The van der Waals surface area contributed by atoms with E-state index in [1.54, 1.807) is 6.92 Å². The highest BCUT2D eigenvalue weighted by Crippen LogP contribution is 2.29. The summed E-state index contributed by atoms with van der Waals surface area (Å²) in [6, 6.07) is 6.90. The van der Waals surface area contributed by atoms with Crippen molar-refractivity contribution in [1.82, 2.24) is 16.0 Å². The lowest BCUT2D eigenvalue weighted by atomic mass is 9.93. The molecule has 0 aromatic heterocycles. The number of epoxide rings is 1. The van der Waals surface area contributed by atoms with Gasteiger partial charge in [-0.15, -0.1) is 0 Å². The number of nitrogens with one attached hydrogen (secondary N) is 3. The summed E-state index contributed by atoms with van der Waals surface area (Å²) in [5.74, 6) is -1.07. The molecule has 3 rings (SSSR count). The zero-order valence-electron chi connectivity index (χ0n) is 23.3. The van der Waals surface area contributed by atoms with E-state index in [2.05, 4.69) is 16.0 Å². The number of carbonyl (C=O) groups excluding carboxylic acids is 4. The second-order valence-corrected chi connectivity index (χ2v) is 11.5. The number of hydrogen-bond acceptors (Lipinski definition) is 6. The molecule has 0 unspecified atom stereocenters. The van der Waals surface area contributed by atoms with Gasteiger partial charge in [0, 0.05) is 13.0 Å². The minimum Gasteiger partial charge on any atom is -0.368 e. The van der Waals surface area contributed by atoms with Gasteiger partial charge in [0.25, 0.3) is 0 Å². The largest absolute Gasteiger partial charge is 0.368 e. The van der Waals surface area contributed by atoms with Crippen LogP contribution in [0.4, 0.5) is 0 Å². The molecule has 38 heavy (non-hydrogen) atoms. The smallest absolute Gasteiger partial charge is 0.249 e. The molecule has 3 amide bonds. The molecule has 1 aromatic rings. The van der Waals surface area contributed by atoms with E-state index in [1.165, 1.54) is 0 Å². The first-order chi connectivity index (χ1) is 18.0. The number of ether oxygens (including phenoxy) is 2. The summed E-state index contributed by atoms with van der Waals surface area (Å²) >= 11 is 0. The third-order valence-corrected chi connectivity index (χ3v) is 6.92. The van der Waals surface area contributed by atoms with Gasteiger partial charge in [-0.05, 0) is 50.0 Å². The summed E-state index contributed by atoms with van der Waals surface area (Å²) in [5.41, 5.74) is -0.0130. The lowest BCUT2D eigenvalue weighted by Crippen LogP contribution is -2.58. The molecule has 2 saturated heterocycles. The third-order valence-electron chi connectivity index (χ3n) is 6.92. The van der Waals surface area contributed by atoms with E-state index < -0.39 is 41.6 Å². The maximum Gasteiger partial charge on any atom is 0.249 e. The Morgan fingerprint density at radius 2 is 1.47 bits per heavy atom. The van der Waals surface area contributed by atoms with Gasteiger partial charge in [0.1, 0.15) is 23.8 Å². The molecule has 210 valence electrons. The molecule has 9 nitrogen and oxygen atoms in total. The van der Waals surface area contributed by atoms with Crippen molar-refractivity contribution >= 4 is 23.5 Å². The first kappa shape index (κ1) is 29.8. The van der Waals surface area contributed by atoms with Crippen molar-refractivity contribution in [3.63, 3.8) is 0 Å². The SMILES string of the molecule is CC(C)C[C@H](NC(=O)[C@@H]1CCCO1)C(=O)N[C@@H](Cc1ccccc1)C(=O)N[C@@H](CC(C)C)C(=O)[C@@]1(C)CO1. The fourth-order valence-electron chi connectivity index (χ4n) is 4.68. The molecule has 0 radical (unpaired) electrons. The summed E-state index contributed by atoms with van der Waals surface area (Å²) in [4.78, 5) is 52.9. The average Bonchev–Trinajstić information content (AvgIpc) is 3.37. The van der Waals surface area contributed by atoms with E-state index in [4.69, 9.17) is 9.47 Å². The van der Waals surface area contributed by atoms with Crippen LogP contribution in [0.2, 0.25) is 0 Å². The minimum absolute atomic E-state index is 0.129. The highest BCUT2D eigenvalue weighted by molar-refractivity contribution is 5.98. The lowest BCUT2D eigenvalue weighted by Gasteiger charge is -2.27. The first-order valence-corrected chi connectivity index (χ1v) is 13.7. The topological polar surface area (TPSA) is 126 Å². The molecule has 5 atom stereocenters. The highest BCUT2D eigenvalue weighted by atomic mass is 16.6. The van der Waals surface area contributed by atoms with Crippen LogP contribution in [0.3, 0.4) is 0 Å².